The minimum absolute atomic E-state index is 0.147. The lowest BCUT2D eigenvalue weighted by molar-refractivity contribution is 0.153. The van der Waals surface area contributed by atoms with Crippen molar-refractivity contribution in [3.8, 4) is 23.5 Å². The van der Waals surface area contributed by atoms with Gasteiger partial charge in [0.25, 0.3) is 0 Å². The Kier molecular flexibility index (Phi) is 4.83. The molecule has 142 valence electrons. The van der Waals surface area contributed by atoms with Crippen molar-refractivity contribution in [1.82, 2.24) is 9.97 Å². The summed E-state index contributed by atoms with van der Waals surface area (Å²) in [4.78, 5) is 13.3. The molecule has 2 heterocycles. The summed E-state index contributed by atoms with van der Waals surface area (Å²) < 4.78 is 22.6. The largest absolute Gasteiger partial charge is 0.481 e. The molecule has 0 spiro atoms. The maximum atomic E-state index is 6.18. The number of nitrogens with zero attached hydrogens (tertiary/aromatic N) is 3. The molecule has 1 aromatic heterocycles. The predicted octanol–water partition coefficient (Wildman–Crippen LogP) is 3.68. The predicted molar refractivity (Wildman–Crippen MR) is 100 cm³/mol. The highest BCUT2D eigenvalue weighted by molar-refractivity contribution is 5.99. The van der Waals surface area contributed by atoms with E-state index < -0.39 is 0 Å². The smallest absolute Gasteiger partial charge is 0.328 e. The summed E-state index contributed by atoms with van der Waals surface area (Å²) in [5.74, 6) is 1.98. The molecule has 7 nitrogen and oxygen atoms in total. The van der Waals surface area contributed by atoms with E-state index in [0.717, 1.165) is 24.0 Å². The van der Waals surface area contributed by atoms with Gasteiger partial charge in [-0.3, -0.25) is 0 Å². The van der Waals surface area contributed by atoms with Crippen LogP contribution in [0.15, 0.2) is 29.3 Å². The molecule has 1 aromatic carbocycles. The van der Waals surface area contributed by atoms with Gasteiger partial charge >= 0.3 is 6.01 Å². The van der Waals surface area contributed by atoms with Crippen LogP contribution in [0.5, 0.6) is 23.5 Å². The Morgan fingerprint density at radius 3 is 2.48 bits per heavy atom. The summed E-state index contributed by atoms with van der Waals surface area (Å²) in [5.41, 5.74) is 1.87. The molecule has 1 aliphatic heterocycles. The summed E-state index contributed by atoms with van der Waals surface area (Å²) in [7, 11) is 3.07. The van der Waals surface area contributed by atoms with Gasteiger partial charge in [-0.1, -0.05) is 18.6 Å². The summed E-state index contributed by atoms with van der Waals surface area (Å²) in [5, 5.41) is 0. The molecule has 1 fully saturated rings. The Morgan fingerprint density at radius 2 is 1.78 bits per heavy atom. The molecular formula is C20H23N3O4. The quantitative estimate of drug-likeness (QED) is 0.800. The average molecular weight is 369 g/mol. The zero-order valence-corrected chi connectivity index (χ0v) is 15.8. The topological polar surface area (TPSA) is 75.1 Å². The van der Waals surface area contributed by atoms with Crippen LogP contribution >= 0.6 is 0 Å². The summed E-state index contributed by atoms with van der Waals surface area (Å²) in [6.45, 7) is 2.02. The van der Waals surface area contributed by atoms with Gasteiger partial charge in [0.15, 0.2) is 0 Å². The highest BCUT2D eigenvalue weighted by Gasteiger charge is 2.35. The van der Waals surface area contributed by atoms with Gasteiger partial charge < -0.3 is 18.9 Å². The van der Waals surface area contributed by atoms with Gasteiger partial charge in [0.05, 0.1) is 31.9 Å². The van der Waals surface area contributed by atoms with E-state index in [2.05, 4.69) is 9.97 Å². The summed E-state index contributed by atoms with van der Waals surface area (Å²) in [6, 6.07) is 7.80. The van der Waals surface area contributed by atoms with Gasteiger partial charge in [-0.2, -0.15) is 9.97 Å². The van der Waals surface area contributed by atoms with Crippen molar-refractivity contribution >= 4 is 5.90 Å². The number of ether oxygens (including phenoxy) is 4. The molecule has 2 aromatic rings. The maximum Gasteiger partial charge on any atom is 0.328 e. The van der Waals surface area contributed by atoms with Crippen LogP contribution in [0.25, 0.3) is 0 Å². The van der Waals surface area contributed by atoms with Crippen molar-refractivity contribution in [2.45, 2.75) is 44.8 Å². The molecule has 2 unspecified atom stereocenters. The molecule has 0 saturated heterocycles. The number of aromatic nitrogens is 2. The fourth-order valence-corrected chi connectivity index (χ4v) is 3.55. The third-order valence-electron chi connectivity index (χ3n) is 4.94. The van der Waals surface area contributed by atoms with Crippen LogP contribution in [0.3, 0.4) is 0 Å². The second kappa shape index (κ2) is 7.42. The molecule has 2 aliphatic rings. The Labute approximate surface area is 158 Å². The Morgan fingerprint density at radius 1 is 1.04 bits per heavy atom. The van der Waals surface area contributed by atoms with Gasteiger partial charge in [0.2, 0.25) is 17.7 Å². The monoisotopic (exact) mass is 369 g/mol. The lowest BCUT2D eigenvalue weighted by Crippen LogP contribution is -2.26. The van der Waals surface area contributed by atoms with Crippen molar-refractivity contribution in [3.05, 3.63) is 35.4 Å². The molecule has 7 heteroatoms. The van der Waals surface area contributed by atoms with Gasteiger partial charge in [-0.15, -0.1) is 0 Å². The van der Waals surface area contributed by atoms with E-state index in [1.165, 1.54) is 27.1 Å². The SMILES string of the molecule is COc1cc(OC)nc(Oc2cccc(C)c2C2=NC3CCCCC3O2)n1. The van der Waals surface area contributed by atoms with E-state index >= 15 is 0 Å². The van der Waals surface area contributed by atoms with Crippen LogP contribution in [0.1, 0.15) is 36.8 Å². The number of hydrogen-bond donors (Lipinski definition) is 0. The number of benzene rings is 1. The van der Waals surface area contributed by atoms with E-state index in [9.17, 15) is 0 Å². The molecular weight excluding hydrogens is 346 g/mol. The van der Waals surface area contributed by atoms with Crippen LogP contribution in [0, 0.1) is 6.92 Å². The third kappa shape index (κ3) is 3.54. The highest BCUT2D eigenvalue weighted by Crippen LogP contribution is 2.35. The second-order valence-corrected chi connectivity index (χ2v) is 6.73. The Balaban J connectivity index is 1.68. The third-order valence-corrected chi connectivity index (χ3v) is 4.94. The molecule has 0 amide bonds. The van der Waals surface area contributed by atoms with E-state index in [0.29, 0.717) is 23.4 Å². The Bertz CT molecular complexity index is 846. The number of methoxy groups -OCH3 is 2. The van der Waals surface area contributed by atoms with Crippen molar-refractivity contribution in [1.29, 1.82) is 0 Å². The molecule has 0 N–H and O–H groups in total. The van der Waals surface area contributed by atoms with Gasteiger partial charge in [0, 0.05) is 0 Å². The van der Waals surface area contributed by atoms with Crippen LogP contribution in [-0.2, 0) is 4.74 Å². The van der Waals surface area contributed by atoms with Crippen molar-refractivity contribution in [2.75, 3.05) is 14.2 Å². The zero-order chi connectivity index (χ0) is 18.8. The number of aryl methyl sites for hydroxylation is 1. The highest BCUT2D eigenvalue weighted by atomic mass is 16.5. The lowest BCUT2D eigenvalue weighted by atomic mass is 9.94. The normalized spacial score (nSPS) is 21.1. The van der Waals surface area contributed by atoms with E-state index in [1.54, 1.807) is 6.07 Å². The molecule has 1 saturated carbocycles. The number of fused-ring (bicyclic) bond motifs is 1. The first kappa shape index (κ1) is 17.6. The molecule has 27 heavy (non-hydrogen) atoms. The first-order valence-corrected chi connectivity index (χ1v) is 9.17. The van der Waals surface area contributed by atoms with E-state index in [4.69, 9.17) is 23.9 Å². The minimum Gasteiger partial charge on any atom is -0.481 e. The van der Waals surface area contributed by atoms with Crippen molar-refractivity contribution in [3.63, 3.8) is 0 Å². The van der Waals surface area contributed by atoms with Crippen LogP contribution in [0.4, 0.5) is 0 Å². The average Bonchev–Trinajstić information content (AvgIpc) is 3.11. The first-order chi connectivity index (χ1) is 13.2. The summed E-state index contributed by atoms with van der Waals surface area (Å²) >= 11 is 0. The van der Waals surface area contributed by atoms with Gasteiger partial charge in [0.1, 0.15) is 11.9 Å². The number of rotatable bonds is 5. The molecule has 4 rings (SSSR count). The van der Waals surface area contributed by atoms with E-state index in [1.807, 2.05) is 25.1 Å². The first-order valence-electron chi connectivity index (χ1n) is 9.17. The standard InChI is InChI=1S/C20H23N3O4/c1-12-7-6-10-15(27-20-22-16(24-2)11-17(23-20)25-3)18(12)19-21-13-8-4-5-9-14(13)26-19/h6-7,10-11,13-14H,4-5,8-9H2,1-3H3. The fourth-order valence-electron chi connectivity index (χ4n) is 3.55. The van der Waals surface area contributed by atoms with Crippen molar-refractivity contribution in [2.24, 2.45) is 4.99 Å². The molecule has 0 radical (unpaired) electrons. The second-order valence-electron chi connectivity index (χ2n) is 6.73. The Hall–Kier alpha value is -2.83. The maximum absolute atomic E-state index is 6.18. The van der Waals surface area contributed by atoms with Crippen LogP contribution < -0.4 is 14.2 Å². The zero-order valence-electron chi connectivity index (χ0n) is 15.8. The van der Waals surface area contributed by atoms with Crippen LogP contribution in [0.2, 0.25) is 0 Å². The molecule has 0 bridgehead atoms. The summed E-state index contributed by atoms with van der Waals surface area (Å²) in [6.07, 6.45) is 4.70. The van der Waals surface area contributed by atoms with Crippen molar-refractivity contribution < 1.29 is 18.9 Å². The fraction of sp³-hybridized carbons (Fsp3) is 0.450. The molecule has 2 atom stereocenters. The minimum atomic E-state index is 0.147. The lowest BCUT2D eigenvalue weighted by Gasteiger charge is -2.22. The van der Waals surface area contributed by atoms with Gasteiger partial charge in [-0.25, -0.2) is 4.99 Å². The van der Waals surface area contributed by atoms with Gasteiger partial charge in [-0.05, 0) is 37.8 Å². The number of aliphatic imine (C=N–C) groups is 1. The molecule has 1 aliphatic carbocycles. The van der Waals surface area contributed by atoms with E-state index in [-0.39, 0.29) is 18.2 Å². The van der Waals surface area contributed by atoms with Crippen LogP contribution in [-0.4, -0.2) is 42.2 Å². The number of hydrogen-bond acceptors (Lipinski definition) is 7.